The van der Waals surface area contributed by atoms with Crippen molar-refractivity contribution in [2.75, 3.05) is 6.61 Å². The van der Waals surface area contributed by atoms with E-state index in [0.29, 0.717) is 0 Å². The number of aromatic nitrogens is 3. The van der Waals surface area contributed by atoms with Crippen LogP contribution >= 0.6 is 7.81 Å². The Labute approximate surface area is 147 Å². The molecule has 0 aliphatic carbocycles. The molecule has 6 nitrogen and oxygen atoms in total. The summed E-state index contributed by atoms with van der Waals surface area (Å²) in [7, 11) is -10.7. The maximum absolute atomic E-state index is 10.7. The Kier molecular flexibility index (Phi) is 9.71. The van der Waals surface area contributed by atoms with Gasteiger partial charge in [0.2, 0.25) is 0 Å². The van der Waals surface area contributed by atoms with Crippen LogP contribution in [0.5, 0.6) is 0 Å². The molecule has 24 heavy (non-hydrogen) atoms. The van der Waals surface area contributed by atoms with Gasteiger partial charge < -0.3 is 8.74 Å². The summed E-state index contributed by atoms with van der Waals surface area (Å²) in [4.78, 5) is 0. The van der Waals surface area contributed by atoms with E-state index in [2.05, 4.69) is 19.6 Å². The van der Waals surface area contributed by atoms with Gasteiger partial charge in [-0.3, -0.25) is 0 Å². The third-order valence-electron chi connectivity index (χ3n) is 1.61. The summed E-state index contributed by atoms with van der Waals surface area (Å²) in [5.74, 6) is 0. The number of fused-ring (bicyclic) bond motifs is 1. The van der Waals surface area contributed by atoms with Gasteiger partial charge in [-0.05, 0) is 18.6 Å². The fraction of sp³-hybridized carbons (Fsp3) is 0.333. The molecular weight excluding hydrogens is 382 g/mol. The second kappa shape index (κ2) is 9.12. The number of benzene rings is 1. The van der Waals surface area contributed by atoms with Crippen LogP contribution in [0.1, 0.15) is 13.3 Å². The fourth-order valence-electron chi connectivity index (χ4n) is 0.937. The minimum absolute atomic E-state index is 0. The molecule has 15 heteroatoms. The Balaban J connectivity index is 0. The van der Waals surface area contributed by atoms with Crippen LogP contribution in [-0.2, 0) is 15.5 Å². The zero-order chi connectivity index (χ0) is 18.2. The largest absolute Gasteiger partial charge is 1.00 e. The number of halogens is 6. The molecule has 2 rings (SSSR count). The summed E-state index contributed by atoms with van der Waals surface area (Å²) in [6.07, 6.45) is 0.730. The van der Waals surface area contributed by atoms with Crippen LogP contribution in [-0.4, -0.2) is 30.8 Å². The molecule has 0 bridgehead atoms. The number of H-pyrrole nitrogens is 1. The van der Waals surface area contributed by atoms with Crippen LogP contribution in [0.3, 0.4) is 0 Å². The van der Waals surface area contributed by atoms with Gasteiger partial charge in [-0.15, -0.1) is 0 Å². The molecule has 1 aromatic heterocycles. The van der Waals surface area contributed by atoms with Crippen LogP contribution in [0.25, 0.3) is 11.0 Å². The second-order valence-electron chi connectivity index (χ2n) is 3.80. The first-order chi connectivity index (χ1) is 10.2. The summed E-state index contributed by atoms with van der Waals surface area (Å²) in [5, 5.41) is 10.3. The molecule has 1 unspecified atom stereocenters. The Morgan fingerprint density at radius 1 is 1.12 bits per heavy atom. The summed E-state index contributed by atoms with van der Waals surface area (Å²) < 4.78 is 82.4. The molecule has 136 valence electrons. The molecule has 0 saturated carbocycles. The van der Waals surface area contributed by atoms with Gasteiger partial charge in [0.15, 0.2) is 0 Å². The number of hydrogen-bond acceptors (Lipinski definition) is 5. The van der Waals surface area contributed by atoms with Crippen molar-refractivity contribution < 1.29 is 57.0 Å². The number of nitrogens with one attached hydrogen (secondary N) is 1. The smallest absolute Gasteiger partial charge is 0.197 e. The topological polar surface area (TPSA) is 90.9 Å². The van der Waals surface area contributed by atoms with Gasteiger partial charge >= 0.3 is 51.9 Å². The molecule has 0 amide bonds. The summed E-state index contributed by atoms with van der Waals surface area (Å²) in [6, 6.07) is 7.70. The van der Waals surface area contributed by atoms with Crippen LogP contribution < -0.4 is 18.9 Å². The van der Waals surface area contributed by atoms with Gasteiger partial charge in [0, 0.05) is 0 Å². The molecule has 1 aromatic carbocycles. The predicted molar refractivity (Wildman–Crippen MR) is 72.6 cm³/mol. The number of rotatable bonds is 3. The predicted octanol–water partition coefficient (Wildman–Crippen LogP) is 1.55. The summed E-state index contributed by atoms with van der Waals surface area (Å²) in [5.41, 5.74) is 1.83. The number of hydrogen-bond donors (Lipinski definition) is 1. The standard InChI is InChI=1S/C6H5N3.C3H8O3S.F6P.Li/c1-2-4-6-5(3-1)7-9-8-6;1-2-3-6-7(4)5;1-7(2,3,4,5)6;/h1-4H,(H,7,8,9);2-3H2,1H3,(H,4,5);;/q;;-1;+1/p-1. The SMILES string of the molecule is CCCOS(=O)[O-].F[P-](F)(F)(F)(F)F.[Li+].c1ccc2n[nH]nc2c1. The fourth-order valence-corrected chi connectivity index (χ4v) is 1.24. The van der Waals surface area contributed by atoms with Gasteiger partial charge in [0.25, 0.3) is 0 Å². The molecule has 0 spiro atoms. The average Bonchev–Trinajstić information content (AvgIpc) is 2.81. The molecule has 1 N–H and O–H groups in total. The Bertz CT molecular complexity index is 600. The minimum atomic E-state index is -10.7. The van der Waals surface area contributed by atoms with Crippen LogP contribution in [0.2, 0.25) is 0 Å². The van der Waals surface area contributed by atoms with E-state index in [1.54, 1.807) is 0 Å². The minimum Gasteiger partial charge on any atom is -0.197 e. The van der Waals surface area contributed by atoms with Crippen LogP contribution in [0, 0.1) is 0 Å². The number of para-hydroxylation sites is 2. The zero-order valence-electron chi connectivity index (χ0n) is 12.5. The zero-order valence-corrected chi connectivity index (χ0v) is 14.2. The quantitative estimate of drug-likeness (QED) is 0.369. The van der Waals surface area contributed by atoms with Gasteiger partial charge in [-0.1, -0.05) is 19.1 Å². The number of aromatic amines is 1. The first-order valence-corrected chi connectivity index (χ1v) is 8.76. The normalized spacial score (nSPS) is 14.7. The van der Waals surface area contributed by atoms with E-state index in [-0.39, 0.29) is 25.5 Å². The molecule has 0 fully saturated rings. The van der Waals surface area contributed by atoms with E-state index >= 15 is 0 Å². The van der Waals surface area contributed by atoms with Gasteiger partial charge in [-0.25, -0.2) is 4.21 Å². The average molecular weight is 394 g/mol. The van der Waals surface area contributed by atoms with E-state index in [0.717, 1.165) is 17.5 Å². The molecule has 0 saturated heterocycles. The van der Waals surface area contributed by atoms with E-state index in [4.69, 9.17) is 0 Å². The van der Waals surface area contributed by atoms with Gasteiger partial charge in [0.05, 0.1) is 18.0 Å². The van der Waals surface area contributed by atoms with Crippen molar-refractivity contribution in [2.24, 2.45) is 0 Å². The number of nitrogens with zero attached hydrogens (tertiary/aromatic N) is 2. The molecule has 0 radical (unpaired) electrons. The molecule has 2 aromatic rings. The van der Waals surface area contributed by atoms with E-state index in [1.807, 2.05) is 31.2 Å². The Morgan fingerprint density at radius 2 is 1.50 bits per heavy atom. The summed E-state index contributed by atoms with van der Waals surface area (Å²) >= 11 is -2.32. The maximum atomic E-state index is 9.87. The Morgan fingerprint density at radius 3 is 1.75 bits per heavy atom. The van der Waals surface area contributed by atoms with Crippen molar-refractivity contribution in [3.05, 3.63) is 24.3 Å². The molecule has 0 aliphatic rings. The van der Waals surface area contributed by atoms with E-state index in [9.17, 15) is 33.9 Å². The third kappa shape index (κ3) is 21.3. The molecule has 1 atom stereocenters. The van der Waals surface area contributed by atoms with E-state index < -0.39 is 19.2 Å². The summed E-state index contributed by atoms with van der Waals surface area (Å²) in [6.45, 7) is 2.13. The van der Waals surface area contributed by atoms with Crippen molar-refractivity contribution in [2.45, 2.75) is 13.3 Å². The first-order valence-electron chi connectivity index (χ1n) is 5.73. The monoisotopic (exact) mass is 394 g/mol. The first kappa shape index (κ1) is 25.5. The van der Waals surface area contributed by atoms with Crippen molar-refractivity contribution in [1.82, 2.24) is 15.4 Å². The van der Waals surface area contributed by atoms with Crippen molar-refractivity contribution in [3.63, 3.8) is 0 Å². The maximum Gasteiger partial charge on any atom is 1.00 e. The van der Waals surface area contributed by atoms with Crippen LogP contribution in [0.4, 0.5) is 25.2 Å². The van der Waals surface area contributed by atoms with Gasteiger partial charge in [-0.2, -0.15) is 15.4 Å². The van der Waals surface area contributed by atoms with Crippen LogP contribution in [0.15, 0.2) is 24.3 Å². The molecule has 1 heterocycles. The van der Waals surface area contributed by atoms with Crippen molar-refractivity contribution >= 4 is 30.2 Å². The van der Waals surface area contributed by atoms with Crippen molar-refractivity contribution in [1.29, 1.82) is 0 Å². The Hall–Kier alpha value is -0.703. The third-order valence-corrected chi connectivity index (χ3v) is 1.97. The van der Waals surface area contributed by atoms with Gasteiger partial charge in [0.1, 0.15) is 11.0 Å². The molecular formula is C9H12F6LiN3O3PS-. The molecule has 0 aliphatic heterocycles. The van der Waals surface area contributed by atoms with E-state index in [1.165, 1.54) is 0 Å². The van der Waals surface area contributed by atoms with Crippen molar-refractivity contribution in [3.8, 4) is 0 Å². The second-order valence-corrected chi connectivity index (χ2v) is 6.36.